The maximum Gasteiger partial charge on any atom is 0.0240 e. The highest BCUT2D eigenvalue weighted by Crippen LogP contribution is 2.53. The third kappa shape index (κ3) is 1.56. The van der Waals surface area contributed by atoms with Gasteiger partial charge in [0.2, 0.25) is 0 Å². The Labute approximate surface area is 106 Å². The summed E-state index contributed by atoms with van der Waals surface area (Å²) in [5, 5.41) is 0.670. The van der Waals surface area contributed by atoms with E-state index in [0.717, 1.165) is 0 Å². The molecule has 1 heterocycles. The summed E-state index contributed by atoms with van der Waals surface area (Å²) in [4.78, 5) is 3.13. The second kappa shape index (κ2) is 3.99. The summed E-state index contributed by atoms with van der Waals surface area (Å²) in [6, 6.07) is 0. The molecular formula is C16H18S. The monoisotopic (exact) mass is 242 g/mol. The Morgan fingerprint density at radius 3 is 2.47 bits per heavy atom. The van der Waals surface area contributed by atoms with Crippen molar-refractivity contribution < 1.29 is 0 Å². The SMILES string of the molecule is CC(C)=S1C2=CC=CC2=C(C2C=CC=C2)C1C. The van der Waals surface area contributed by atoms with Crippen molar-refractivity contribution in [2.75, 3.05) is 0 Å². The zero-order valence-electron chi connectivity index (χ0n) is 10.6. The molecule has 0 bridgehead atoms. The van der Waals surface area contributed by atoms with Gasteiger partial charge >= 0.3 is 0 Å². The van der Waals surface area contributed by atoms with Gasteiger partial charge in [-0.25, -0.2) is 0 Å². The minimum atomic E-state index is 0.318. The molecular weight excluding hydrogens is 224 g/mol. The topological polar surface area (TPSA) is 0 Å². The predicted octanol–water partition coefficient (Wildman–Crippen LogP) is 4.36. The van der Waals surface area contributed by atoms with Crippen molar-refractivity contribution in [3.05, 3.63) is 58.6 Å². The Morgan fingerprint density at radius 2 is 1.82 bits per heavy atom. The van der Waals surface area contributed by atoms with E-state index in [9.17, 15) is 0 Å². The average molecular weight is 242 g/mol. The van der Waals surface area contributed by atoms with Gasteiger partial charge in [-0.15, -0.1) is 10.5 Å². The first-order valence-corrected chi connectivity index (χ1v) is 7.50. The lowest BCUT2D eigenvalue weighted by atomic mass is 9.93. The first-order chi connectivity index (χ1) is 8.20. The molecule has 0 N–H and O–H groups in total. The molecule has 0 aromatic heterocycles. The van der Waals surface area contributed by atoms with Crippen molar-refractivity contribution in [2.45, 2.75) is 26.0 Å². The Hall–Kier alpha value is -1.08. The van der Waals surface area contributed by atoms with Crippen LogP contribution in [0.15, 0.2) is 58.6 Å². The first-order valence-electron chi connectivity index (χ1n) is 6.21. The number of hydrogen-bond acceptors (Lipinski definition) is 0. The van der Waals surface area contributed by atoms with E-state index in [1.807, 2.05) is 0 Å². The summed E-state index contributed by atoms with van der Waals surface area (Å²) >= 11 is 0. The van der Waals surface area contributed by atoms with Crippen molar-refractivity contribution in [2.24, 2.45) is 5.92 Å². The summed E-state index contributed by atoms with van der Waals surface area (Å²) in [6.07, 6.45) is 15.8. The molecule has 0 saturated carbocycles. The van der Waals surface area contributed by atoms with Gasteiger partial charge in [0.1, 0.15) is 0 Å². The fourth-order valence-corrected chi connectivity index (χ4v) is 5.75. The highest BCUT2D eigenvalue weighted by Gasteiger charge is 2.33. The molecule has 2 atom stereocenters. The molecule has 3 aliphatic rings. The Balaban J connectivity index is 2.15. The van der Waals surface area contributed by atoms with Crippen LogP contribution in [0.5, 0.6) is 0 Å². The van der Waals surface area contributed by atoms with Gasteiger partial charge in [0, 0.05) is 16.1 Å². The van der Waals surface area contributed by atoms with E-state index < -0.39 is 0 Å². The van der Waals surface area contributed by atoms with Crippen molar-refractivity contribution >= 4 is 15.3 Å². The number of rotatable bonds is 1. The number of hydrogen-bond donors (Lipinski definition) is 0. The second-order valence-electron chi connectivity index (χ2n) is 4.94. The van der Waals surface area contributed by atoms with Crippen LogP contribution < -0.4 is 0 Å². The van der Waals surface area contributed by atoms with Crippen molar-refractivity contribution in [3.8, 4) is 0 Å². The summed E-state index contributed by atoms with van der Waals surface area (Å²) in [7, 11) is 0.318. The highest BCUT2D eigenvalue weighted by atomic mass is 32.2. The zero-order valence-corrected chi connectivity index (χ0v) is 11.4. The van der Waals surface area contributed by atoms with Crippen molar-refractivity contribution in [3.63, 3.8) is 0 Å². The van der Waals surface area contributed by atoms with Crippen LogP contribution in [-0.4, -0.2) is 10.1 Å². The second-order valence-corrected chi connectivity index (χ2v) is 7.58. The maximum atomic E-state index is 2.39. The van der Waals surface area contributed by atoms with Crippen LogP contribution in [0.3, 0.4) is 0 Å². The van der Waals surface area contributed by atoms with E-state index >= 15 is 0 Å². The summed E-state index contributed by atoms with van der Waals surface area (Å²) in [5.41, 5.74) is 3.14. The molecule has 0 spiro atoms. The van der Waals surface area contributed by atoms with Gasteiger partial charge < -0.3 is 0 Å². The zero-order chi connectivity index (χ0) is 12.0. The fourth-order valence-electron chi connectivity index (χ4n) is 3.03. The lowest BCUT2D eigenvalue weighted by Crippen LogP contribution is -2.08. The maximum absolute atomic E-state index is 2.39. The van der Waals surface area contributed by atoms with E-state index in [4.69, 9.17) is 0 Å². The Morgan fingerprint density at radius 1 is 1.12 bits per heavy atom. The lowest BCUT2D eigenvalue weighted by molar-refractivity contribution is 0.909. The van der Waals surface area contributed by atoms with Gasteiger partial charge in [-0.3, -0.25) is 0 Å². The fraction of sp³-hybridized carbons (Fsp3) is 0.312. The van der Waals surface area contributed by atoms with Crippen molar-refractivity contribution in [1.29, 1.82) is 0 Å². The van der Waals surface area contributed by atoms with E-state index in [1.54, 1.807) is 15.3 Å². The molecule has 0 aromatic rings. The molecule has 0 aromatic carbocycles. The third-order valence-electron chi connectivity index (χ3n) is 3.66. The van der Waals surface area contributed by atoms with E-state index in [0.29, 0.717) is 21.7 Å². The number of allylic oxidation sites excluding steroid dienone is 8. The smallest absolute Gasteiger partial charge is 0.0240 e. The molecule has 88 valence electrons. The normalized spacial score (nSPS) is 30.4. The lowest BCUT2D eigenvalue weighted by Gasteiger charge is -2.17. The molecule has 3 rings (SSSR count). The minimum absolute atomic E-state index is 0.318. The molecule has 0 amide bonds. The van der Waals surface area contributed by atoms with E-state index in [1.165, 1.54) is 5.57 Å². The molecule has 17 heavy (non-hydrogen) atoms. The predicted molar refractivity (Wildman–Crippen MR) is 79.4 cm³/mol. The summed E-state index contributed by atoms with van der Waals surface area (Å²) in [5.74, 6) is 0.531. The molecule has 1 heteroatoms. The summed E-state index contributed by atoms with van der Waals surface area (Å²) in [6.45, 7) is 6.95. The molecule has 2 aliphatic carbocycles. The van der Waals surface area contributed by atoms with Crippen LogP contribution in [-0.2, 0) is 0 Å². The molecule has 0 radical (unpaired) electrons. The Bertz CT molecular complexity index is 534. The van der Waals surface area contributed by atoms with Crippen LogP contribution in [0, 0.1) is 5.92 Å². The van der Waals surface area contributed by atoms with Crippen LogP contribution >= 0.6 is 10.5 Å². The van der Waals surface area contributed by atoms with E-state index in [-0.39, 0.29) is 0 Å². The van der Waals surface area contributed by atoms with Gasteiger partial charge in [-0.05, 0) is 42.9 Å². The van der Waals surface area contributed by atoms with Crippen LogP contribution in [0.25, 0.3) is 0 Å². The van der Waals surface area contributed by atoms with Crippen molar-refractivity contribution in [1.82, 2.24) is 0 Å². The van der Waals surface area contributed by atoms with Crippen LogP contribution in [0.1, 0.15) is 20.8 Å². The van der Waals surface area contributed by atoms with Gasteiger partial charge in [0.05, 0.1) is 0 Å². The third-order valence-corrected chi connectivity index (χ3v) is 6.33. The van der Waals surface area contributed by atoms with Gasteiger partial charge in [0.25, 0.3) is 0 Å². The quantitative estimate of drug-likeness (QED) is 0.599. The summed E-state index contributed by atoms with van der Waals surface area (Å²) < 4.78 is 0. The van der Waals surface area contributed by atoms with E-state index in [2.05, 4.69) is 63.3 Å². The van der Waals surface area contributed by atoms with Gasteiger partial charge in [-0.2, -0.15) is 0 Å². The van der Waals surface area contributed by atoms with Crippen LogP contribution in [0.2, 0.25) is 0 Å². The Kier molecular flexibility index (Phi) is 2.59. The average Bonchev–Trinajstić information content (AvgIpc) is 2.91. The standard InChI is InChI=1S/C16H18S/c1-11(2)17-12(3)16(13-7-4-5-8-13)14-9-6-10-15(14)17/h4-10,12-13H,1-3H3. The molecule has 2 unspecified atom stereocenters. The van der Waals surface area contributed by atoms with Gasteiger partial charge in [0.15, 0.2) is 0 Å². The largest absolute Gasteiger partial charge is 0.148 e. The highest BCUT2D eigenvalue weighted by molar-refractivity contribution is 8.20. The van der Waals surface area contributed by atoms with Gasteiger partial charge in [-0.1, -0.05) is 36.5 Å². The first kappa shape index (κ1) is 11.0. The van der Waals surface area contributed by atoms with Crippen LogP contribution in [0.4, 0.5) is 0 Å². The number of fused-ring (bicyclic) bond motifs is 1. The molecule has 0 fully saturated rings. The molecule has 1 aliphatic heterocycles. The molecule has 0 nitrogen and oxygen atoms in total. The minimum Gasteiger partial charge on any atom is -0.148 e. The molecule has 0 saturated heterocycles.